The van der Waals surface area contributed by atoms with Crippen molar-refractivity contribution in [1.82, 2.24) is 0 Å². The Balaban J connectivity index is 1.14. The van der Waals surface area contributed by atoms with E-state index >= 15 is 0 Å². The zero-order chi connectivity index (χ0) is 59.3. The van der Waals surface area contributed by atoms with Crippen molar-refractivity contribution in [3.05, 3.63) is 34.9 Å². The molecule has 8 rings (SSSR count). The van der Waals surface area contributed by atoms with Crippen LogP contribution < -0.4 is 0 Å². The van der Waals surface area contributed by atoms with Gasteiger partial charge in [0.05, 0.1) is 43.5 Å². The number of hydrogen-bond donors (Lipinski definition) is 12. The Labute approximate surface area is 466 Å². The summed E-state index contributed by atoms with van der Waals surface area (Å²) in [6, 6.07) is 0. The average molecular weight is 1140 g/mol. The normalized spacial score (nSPS) is 49.0. The summed E-state index contributed by atoms with van der Waals surface area (Å²) in [5, 5.41) is 134. The molecule has 26 atom stereocenters. The second-order valence-electron chi connectivity index (χ2n) is 26.0. The molecular formula is C57H88O23. The van der Waals surface area contributed by atoms with Gasteiger partial charge in [-0.1, -0.05) is 72.3 Å². The zero-order valence-electron chi connectivity index (χ0n) is 47.7. The molecule has 3 heterocycles. The first-order valence-electron chi connectivity index (χ1n) is 28.1. The fourth-order valence-electron chi connectivity index (χ4n) is 16.2. The Hall–Kier alpha value is -3.05. The maximum absolute atomic E-state index is 13.9. The lowest BCUT2D eigenvalue weighted by Crippen LogP contribution is -2.76. The first-order valence-corrected chi connectivity index (χ1v) is 28.1. The van der Waals surface area contributed by atoms with E-state index in [1.54, 1.807) is 39.8 Å². The molecule has 8 unspecified atom stereocenters. The van der Waals surface area contributed by atoms with Gasteiger partial charge >= 0.3 is 17.9 Å². The van der Waals surface area contributed by atoms with Gasteiger partial charge in [0.25, 0.3) is 0 Å². The van der Waals surface area contributed by atoms with Crippen LogP contribution in [-0.4, -0.2) is 216 Å². The van der Waals surface area contributed by atoms with Gasteiger partial charge < -0.3 is 99.2 Å². The van der Waals surface area contributed by atoms with Crippen LogP contribution >= 0.6 is 0 Å². The molecule has 0 aromatic heterocycles. The molecule has 23 heteroatoms. The Kier molecular flexibility index (Phi) is 17.9. The molecule has 7 fully saturated rings. The summed E-state index contributed by atoms with van der Waals surface area (Å²) in [6.45, 7) is 18.4. The lowest BCUT2D eigenvalue weighted by Gasteiger charge is -2.73. The third kappa shape index (κ3) is 9.76. The molecule has 0 spiro atoms. The zero-order valence-corrected chi connectivity index (χ0v) is 47.7. The Morgan fingerprint density at radius 2 is 1.18 bits per heavy atom. The molecule has 3 aliphatic heterocycles. The van der Waals surface area contributed by atoms with E-state index in [0.29, 0.717) is 37.7 Å². The van der Waals surface area contributed by atoms with Crippen LogP contribution in [0.4, 0.5) is 0 Å². The molecule has 3 saturated heterocycles. The van der Waals surface area contributed by atoms with Gasteiger partial charge in [-0.05, 0) is 100 Å². The Bertz CT molecular complexity index is 2390. The van der Waals surface area contributed by atoms with E-state index in [4.69, 9.17) is 37.9 Å². The van der Waals surface area contributed by atoms with E-state index in [2.05, 4.69) is 19.9 Å². The monoisotopic (exact) mass is 1140 g/mol. The minimum absolute atomic E-state index is 0.153. The van der Waals surface area contributed by atoms with Crippen LogP contribution in [0, 0.1) is 50.2 Å². The molecule has 0 amide bonds. The number of esters is 2. The van der Waals surface area contributed by atoms with Crippen LogP contribution in [0.5, 0.6) is 0 Å². The third-order valence-electron chi connectivity index (χ3n) is 21.4. The minimum Gasteiger partial charge on any atom is -0.479 e. The molecule has 454 valence electrons. The summed E-state index contributed by atoms with van der Waals surface area (Å²) in [6.07, 6.45) is -24.0. The number of carbonyl (C=O) groups is 3. The number of hydrogen-bond acceptors (Lipinski definition) is 22. The minimum atomic E-state index is -2.13. The van der Waals surface area contributed by atoms with Gasteiger partial charge in [-0.15, -0.1) is 0 Å². The summed E-state index contributed by atoms with van der Waals surface area (Å²) in [7, 11) is 0. The summed E-state index contributed by atoms with van der Waals surface area (Å²) < 4.78 is 49.0. The van der Waals surface area contributed by atoms with Crippen LogP contribution in [0.3, 0.4) is 0 Å². The standard InChI is InChI=1S/C57H88O23/c1-12-24(3)47(71)79-44-45(80-48(72)25(4)13-2)57(23-60)27(20-52(44,5)6)26-14-15-31-54(9)18-17-32(53(7,8)30(54)16-19-55(31,10)56(26,11)42(67)43(57)68)75-51-41(78-50-37(65)35(63)33(61)28(21-58)73-50)39(38(66)40(77-51)46(69)70)76-49-36(64)34(62)29(22-59)74-49/h12-14,27-45,49-51,58-68H,15-23H2,1-11H3,(H,69,70)/b24-12-,25-13-/t27?,28?,29-,30?,31?,32-,33-,34+,35+,36?,37?,38-,39+,40?,41?,42-,43+,44-,45-,49-,50-,51+,54-,55+,56-,57-/m0/s1. The lowest BCUT2D eigenvalue weighted by molar-refractivity contribution is -0.386. The molecule has 5 aliphatic carbocycles. The topological polar surface area (TPSA) is 368 Å². The van der Waals surface area contributed by atoms with Crippen LogP contribution in [0.25, 0.3) is 0 Å². The van der Waals surface area contributed by atoms with Crippen LogP contribution in [0.15, 0.2) is 34.9 Å². The predicted octanol–water partition coefficient (Wildman–Crippen LogP) is 0.263. The predicted molar refractivity (Wildman–Crippen MR) is 277 cm³/mol. The number of carboxylic acids is 1. The summed E-state index contributed by atoms with van der Waals surface area (Å²) in [4.78, 5) is 40.3. The number of aliphatic hydroxyl groups excluding tert-OH is 11. The Morgan fingerprint density at radius 1 is 0.637 bits per heavy atom. The van der Waals surface area contributed by atoms with Crippen molar-refractivity contribution >= 4 is 17.9 Å². The number of fused-ring (bicyclic) bond motifs is 7. The maximum Gasteiger partial charge on any atom is 0.335 e. The van der Waals surface area contributed by atoms with Gasteiger partial charge in [0, 0.05) is 22.0 Å². The van der Waals surface area contributed by atoms with Crippen LogP contribution in [0.2, 0.25) is 0 Å². The highest BCUT2D eigenvalue weighted by molar-refractivity contribution is 5.89. The molecule has 23 nitrogen and oxygen atoms in total. The van der Waals surface area contributed by atoms with Gasteiger partial charge in [0.2, 0.25) is 0 Å². The van der Waals surface area contributed by atoms with Gasteiger partial charge in [0.15, 0.2) is 31.1 Å². The number of aliphatic hydroxyl groups is 11. The molecule has 0 radical (unpaired) electrons. The highest BCUT2D eigenvalue weighted by atomic mass is 16.8. The summed E-state index contributed by atoms with van der Waals surface area (Å²) in [5.41, 5.74) is -4.40. The molecule has 12 N–H and O–H groups in total. The summed E-state index contributed by atoms with van der Waals surface area (Å²) in [5.74, 6) is -4.01. The van der Waals surface area contributed by atoms with Gasteiger partial charge in [-0.3, -0.25) is 0 Å². The number of rotatable bonds is 14. The summed E-state index contributed by atoms with van der Waals surface area (Å²) >= 11 is 0. The Morgan fingerprint density at radius 3 is 1.71 bits per heavy atom. The van der Waals surface area contributed by atoms with Crippen molar-refractivity contribution in [2.75, 3.05) is 19.8 Å². The van der Waals surface area contributed by atoms with E-state index in [0.717, 1.165) is 5.57 Å². The molecule has 4 saturated carbocycles. The fraction of sp³-hybridized carbons (Fsp3) is 0.842. The number of aliphatic carboxylic acids is 1. The lowest BCUT2D eigenvalue weighted by atomic mass is 9.32. The number of carboxylic acid groups (broad SMARTS) is 1. The van der Waals surface area contributed by atoms with Crippen molar-refractivity contribution < 1.29 is 114 Å². The molecule has 0 aromatic carbocycles. The first kappa shape index (κ1) is 63.0. The van der Waals surface area contributed by atoms with E-state index < -0.39 is 193 Å². The molecule has 0 aromatic rings. The maximum atomic E-state index is 13.9. The van der Waals surface area contributed by atoms with Crippen molar-refractivity contribution in [3.8, 4) is 0 Å². The molecular weight excluding hydrogens is 1050 g/mol. The molecule has 0 bridgehead atoms. The number of allylic oxidation sites excluding steroid dienone is 3. The second kappa shape index (κ2) is 22.7. The highest BCUT2D eigenvalue weighted by Crippen LogP contribution is 2.76. The van der Waals surface area contributed by atoms with E-state index in [-0.39, 0.29) is 23.8 Å². The highest BCUT2D eigenvalue weighted by Gasteiger charge is 2.76. The molecule has 8 aliphatic rings. The van der Waals surface area contributed by atoms with Crippen molar-refractivity contribution in [1.29, 1.82) is 0 Å². The number of ether oxygens (including phenoxy) is 8. The third-order valence-corrected chi connectivity index (χ3v) is 21.4. The van der Waals surface area contributed by atoms with Gasteiger partial charge in [0.1, 0.15) is 67.1 Å². The number of carbonyl (C=O) groups excluding carboxylic acids is 2. The van der Waals surface area contributed by atoms with Crippen molar-refractivity contribution in [2.45, 2.75) is 231 Å². The average Bonchev–Trinajstić information content (AvgIpc) is 3.72. The van der Waals surface area contributed by atoms with Gasteiger partial charge in [-0.2, -0.15) is 0 Å². The second-order valence-corrected chi connectivity index (χ2v) is 26.0. The molecule has 80 heavy (non-hydrogen) atoms. The van der Waals surface area contributed by atoms with Crippen LogP contribution in [-0.2, 0) is 52.3 Å². The fourth-order valence-corrected chi connectivity index (χ4v) is 16.2. The van der Waals surface area contributed by atoms with Crippen molar-refractivity contribution in [2.24, 2.45) is 50.2 Å². The van der Waals surface area contributed by atoms with Crippen LogP contribution in [0.1, 0.15) is 115 Å². The van der Waals surface area contributed by atoms with E-state index in [1.807, 2.05) is 34.6 Å². The van der Waals surface area contributed by atoms with Gasteiger partial charge in [-0.25, -0.2) is 14.4 Å². The van der Waals surface area contributed by atoms with Crippen molar-refractivity contribution in [3.63, 3.8) is 0 Å². The largest absolute Gasteiger partial charge is 0.479 e. The van der Waals surface area contributed by atoms with E-state index in [9.17, 15) is 75.7 Å². The SMILES string of the molecule is C/C=C(/C)C(=O)O[C@H]1[C@H](OC(=O)/C(C)=C\C)[C@@]2(CO)C(CC1(C)C)C1=CCC3[C@@]4(C)CC[C@H](O[C@@H]5OC(C(=O)O)[C@@H](O)[C@@H](O[C@@H]6O[C@@H](CO)[C@@H](O)C6O)C5O[C@@H]5OC(CO)[C@H](O)[C@@H](O)C5O)C(C)(C)C4CC[C@@]3(C)[C@]1(C)[C@@H](O)[C@H]2O. The first-order chi connectivity index (χ1) is 37.3. The quantitative estimate of drug-likeness (QED) is 0.0480. The smallest absolute Gasteiger partial charge is 0.335 e. The van der Waals surface area contributed by atoms with E-state index in [1.165, 1.54) is 0 Å².